The fourth-order valence-corrected chi connectivity index (χ4v) is 3.34. The monoisotopic (exact) mass is 362 g/mol. The molecule has 0 aliphatic carbocycles. The minimum absolute atomic E-state index is 0.260. The highest BCUT2D eigenvalue weighted by Crippen LogP contribution is 2.31. The minimum atomic E-state index is -3.95. The Morgan fingerprint density at radius 2 is 1.84 bits per heavy atom. The van der Waals surface area contributed by atoms with E-state index in [0.717, 1.165) is 22.5 Å². The molecular formula is C18H22N2O4S. The Labute approximate surface area is 148 Å². The number of hydrogen-bond acceptors (Lipinski definition) is 5. The van der Waals surface area contributed by atoms with Crippen molar-refractivity contribution in [3.05, 3.63) is 58.5 Å². The van der Waals surface area contributed by atoms with Crippen LogP contribution in [0.5, 0.6) is 0 Å². The molecule has 0 aliphatic heterocycles. The molecule has 0 radical (unpaired) electrons. The maximum atomic E-state index is 10.9. The van der Waals surface area contributed by atoms with Gasteiger partial charge in [0.2, 0.25) is 0 Å². The van der Waals surface area contributed by atoms with Gasteiger partial charge in [0, 0.05) is 17.9 Å². The van der Waals surface area contributed by atoms with Crippen LogP contribution in [-0.2, 0) is 10.1 Å². The highest BCUT2D eigenvalue weighted by atomic mass is 32.2. The van der Waals surface area contributed by atoms with Crippen LogP contribution in [0.15, 0.2) is 47.6 Å². The van der Waals surface area contributed by atoms with Gasteiger partial charge >= 0.3 is 0 Å². The number of anilines is 2. The Kier molecular flexibility index (Phi) is 6.27. The maximum absolute atomic E-state index is 10.9. The van der Waals surface area contributed by atoms with Crippen molar-refractivity contribution >= 4 is 27.2 Å². The fraction of sp³-hybridized carbons (Fsp3) is 0.333. The second-order valence-corrected chi connectivity index (χ2v) is 7.62. The lowest BCUT2D eigenvalue weighted by Gasteiger charge is -2.27. The lowest BCUT2D eigenvalue weighted by molar-refractivity contribution is 0.480. The quantitative estimate of drug-likeness (QED) is 0.424. The number of nitroso groups, excluding NO2 is 1. The van der Waals surface area contributed by atoms with E-state index in [-0.39, 0.29) is 5.75 Å². The van der Waals surface area contributed by atoms with Crippen LogP contribution >= 0.6 is 0 Å². The summed E-state index contributed by atoms with van der Waals surface area (Å²) >= 11 is 0. The molecule has 0 heterocycles. The van der Waals surface area contributed by atoms with E-state index < -0.39 is 10.1 Å². The normalized spacial score (nSPS) is 11.3. The van der Waals surface area contributed by atoms with Crippen molar-refractivity contribution in [3.8, 4) is 0 Å². The Morgan fingerprint density at radius 3 is 2.48 bits per heavy atom. The molecule has 0 atom stereocenters. The van der Waals surface area contributed by atoms with Gasteiger partial charge in [-0.1, -0.05) is 23.8 Å². The SMILES string of the molecule is Cc1ccc(N(CCCCS(=O)(=O)O)c2cccc(N=O)c2)c(C)c1. The van der Waals surface area contributed by atoms with Gasteiger partial charge in [0.05, 0.1) is 5.75 Å². The Balaban J connectivity index is 2.28. The van der Waals surface area contributed by atoms with Crippen LogP contribution in [0.2, 0.25) is 0 Å². The van der Waals surface area contributed by atoms with E-state index in [1.807, 2.05) is 36.9 Å². The fourth-order valence-electron chi connectivity index (χ4n) is 2.77. The second kappa shape index (κ2) is 8.22. The summed E-state index contributed by atoms with van der Waals surface area (Å²) in [6, 6.07) is 13.1. The molecule has 134 valence electrons. The van der Waals surface area contributed by atoms with Crippen LogP contribution < -0.4 is 4.90 Å². The summed E-state index contributed by atoms with van der Waals surface area (Å²) in [6.45, 7) is 4.58. The first-order chi connectivity index (χ1) is 11.8. The minimum Gasteiger partial charge on any atom is -0.341 e. The van der Waals surface area contributed by atoms with Crippen LogP contribution in [0.3, 0.4) is 0 Å². The molecule has 0 bridgehead atoms. The number of rotatable bonds is 8. The molecule has 0 amide bonds. The lowest BCUT2D eigenvalue weighted by Crippen LogP contribution is -2.20. The van der Waals surface area contributed by atoms with Crippen molar-refractivity contribution in [1.82, 2.24) is 0 Å². The molecule has 0 aliphatic rings. The molecule has 0 spiro atoms. The van der Waals surface area contributed by atoms with Gasteiger partial charge in [0.15, 0.2) is 0 Å². The molecule has 7 heteroatoms. The molecule has 2 rings (SSSR count). The highest BCUT2D eigenvalue weighted by Gasteiger charge is 2.13. The van der Waals surface area contributed by atoms with E-state index in [4.69, 9.17) is 4.55 Å². The summed E-state index contributed by atoms with van der Waals surface area (Å²) in [5.41, 5.74) is 4.37. The maximum Gasteiger partial charge on any atom is 0.264 e. The first kappa shape index (κ1) is 19.1. The predicted octanol–water partition coefficient (Wildman–Crippen LogP) is 4.51. The van der Waals surface area contributed by atoms with Crippen molar-refractivity contribution in [2.45, 2.75) is 26.7 Å². The molecule has 6 nitrogen and oxygen atoms in total. The van der Waals surface area contributed by atoms with E-state index >= 15 is 0 Å². The molecule has 1 N–H and O–H groups in total. The van der Waals surface area contributed by atoms with Gasteiger partial charge in [-0.15, -0.1) is 4.91 Å². The first-order valence-corrected chi connectivity index (χ1v) is 9.64. The second-order valence-electron chi connectivity index (χ2n) is 6.05. The van der Waals surface area contributed by atoms with Gasteiger partial charge < -0.3 is 4.90 Å². The van der Waals surface area contributed by atoms with Gasteiger partial charge in [0.1, 0.15) is 5.69 Å². The highest BCUT2D eigenvalue weighted by molar-refractivity contribution is 7.85. The first-order valence-electron chi connectivity index (χ1n) is 8.03. The largest absolute Gasteiger partial charge is 0.341 e. The summed E-state index contributed by atoms with van der Waals surface area (Å²) < 4.78 is 30.6. The summed E-state index contributed by atoms with van der Waals surface area (Å²) in [5.74, 6) is -0.260. The number of hydrogen-bond donors (Lipinski definition) is 1. The summed E-state index contributed by atoms with van der Waals surface area (Å²) in [5, 5.41) is 2.98. The van der Waals surface area contributed by atoms with Crippen molar-refractivity contribution < 1.29 is 13.0 Å². The Hall–Kier alpha value is -2.25. The molecule has 2 aromatic rings. The molecule has 25 heavy (non-hydrogen) atoms. The molecule has 0 aromatic heterocycles. The van der Waals surface area contributed by atoms with Crippen LogP contribution in [0.1, 0.15) is 24.0 Å². The van der Waals surface area contributed by atoms with Crippen LogP contribution in [-0.4, -0.2) is 25.3 Å². The topological polar surface area (TPSA) is 87.0 Å². The average molecular weight is 362 g/mol. The van der Waals surface area contributed by atoms with Gasteiger partial charge in [-0.3, -0.25) is 4.55 Å². The van der Waals surface area contributed by atoms with Gasteiger partial charge in [0.25, 0.3) is 10.1 Å². The standard InChI is InChI=1S/C18H22N2O4S/c1-14-8-9-18(15(2)12-14)20(10-3-4-11-25(22,23)24)17-7-5-6-16(13-17)19-21/h5-9,12-13H,3-4,10-11H2,1-2H3,(H,22,23,24). The van der Waals surface area contributed by atoms with E-state index in [0.29, 0.717) is 25.1 Å². The van der Waals surface area contributed by atoms with E-state index in [9.17, 15) is 13.3 Å². The third-order valence-corrected chi connectivity index (χ3v) is 4.73. The van der Waals surface area contributed by atoms with Crippen molar-refractivity contribution in [3.63, 3.8) is 0 Å². The van der Waals surface area contributed by atoms with E-state index in [2.05, 4.69) is 11.2 Å². The molecule has 0 unspecified atom stereocenters. The number of aryl methyl sites for hydroxylation is 2. The molecule has 0 saturated heterocycles. The Bertz CT molecular complexity index is 850. The predicted molar refractivity (Wildman–Crippen MR) is 100 cm³/mol. The van der Waals surface area contributed by atoms with Crippen molar-refractivity contribution in [2.24, 2.45) is 5.18 Å². The third-order valence-electron chi connectivity index (χ3n) is 3.92. The number of unbranched alkanes of at least 4 members (excludes halogenated alkanes) is 1. The third kappa shape index (κ3) is 5.65. The van der Waals surface area contributed by atoms with Crippen LogP contribution in [0, 0.1) is 18.8 Å². The summed E-state index contributed by atoms with van der Waals surface area (Å²) in [4.78, 5) is 12.9. The van der Waals surface area contributed by atoms with Gasteiger partial charge in [-0.25, -0.2) is 0 Å². The Morgan fingerprint density at radius 1 is 1.08 bits per heavy atom. The molecule has 0 saturated carbocycles. The molecule has 2 aromatic carbocycles. The van der Waals surface area contributed by atoms with Crippen LogP contribution in [0.4, 0.5) is 17.1 Å². The van der Waals surface area contributed by atoms with E-state index in [1.54, 1.807) is 18.2 Å². The smallest absolute Gasteiger partial charge is 0.264 e. The number of benzene rings is 2. The van der Waals surface area contributed by atoms with Crippen LogP contribution in [0.25, 0.3) is 0 Å². The number of nitrogens with zero attached hydrogens (tertiary/aromatic N) is 2. The summed E-state index contributed by atoms with van der Waals surface area (Å²) in [7, 11) is -3.95. The average Bonchev–Trinajstić information content (AvgIpc) is 2.55. The zero-order chi connectivity index (χ0) is 18.4. The summed E-state index contributed by atoms with van der Waals surface area (Å²) in [6.07, 6.45) is 0.928. The van der Waals surface area contributed by atoms with Crippen molar-refractivity contribution in [2.75, 3.05) is 17.2 Å². The zero-order valence-electron chi connectivity index (χ0n) is 14.3. The molecular weight excluding hydrogens is 340 g/mol. The van der Waals surface area contributed by atoms with Crippen molar-refractivity contribution in [1.29, 1.82) is 0 Å². The zero-order valence-corrected chi connectivity index (χ0v) is 15.2. The van der Waals surface area contributed by atoms with Gasteiger partial charge in [-0.2, -0.15) is 8.42 Å². The molecule has 0 fully saturated rings. The lowest BCUT2D eigenvalue weighted by atomic mass is 10.1. The van der Waals surface area contributed by atoms with E-state index in [1.165, 1.54) is 0 Å². The van der Waals surface area contributed by atoms with Gasteiger partial charge in [-0.05, 0) is 61.7 Å².